The first kappa shape index (κ1) is 18.1. The van der Waals surface area contributed by atoms with Crippen molar-refractivity contribution in [2.75, 3.05) is 29.8 Å². The highest BCUT2D eigenvalue weighted by molar-refractivity contribution is 9.10. The lowest BCUT2D eigenvalue weighted by Gasteiger charge is -2.21. The third kappa shape index (κ3) is 3.93. The van der Waals surface area contributed by atoms with Crippen LogP contribution in [0, 0.1) is 6.92 Å². The fraction of sp³-hybridized carbons (Fsp3) is 0.333. The number of benzene rings is 2. The molecule has 1 fully saturated rings. The lowest BCUT2D eigenvalue weighted by Crippen LogP contribution is -2.19. The van der Waals surface area contributed by atoms with Crippen molar-refractivity contribution in [3.63, 3.8) is 0 Å². The van der Waals surface area contributed by atoms with Gasteiger partial charge in [0.15, 0.2) is 0 Å². The van der Waals surface area contributed by atoms with Gasteiger partial charge < -0.3 is 9.64 Å². The van der Waals surface area contributed by atoms with Gasteiger partial charge in [0.25, 0.3) is 10.0 Å². The zero-order chi connectivity index (χ0) is 18.0. The Morgan fingerprint density at radius 3 is 2.44 bits per heavy atom. The molecular weight excluding hydrogens is 404 g/mol. The molecule has 0 unspecified atom stereocenters. The van der Waals surface area contributed by atoms with Gasteiger partial charge in [-0.3, -0.25) is 4.72 Å². The number of ether oxygens (including phenoxy) is 1. The average Bonchev–Trinajstić information content (AvgIpc) is 3.08. The monoisotopic (exact) mass is 424 g/mol. The van der Waals surface area contributed by atoms with Gasteiger partial charge in [0.1, 0.15) is 5.75 Å². The Morgan fingerprint density at radius 1 is 1.12 bits per heavy atom. The first-order chi connectivity index (χ1) is 11.9. The van der Waals surface area contributed by atoms with Crippen molar-refractivity contribution < 1.29 is 13.2 Å². The van der Waals surface area contributed by atoms with E-state index in [1.165, 1.54) is 37.8 Å². The standard InChI is InChI=1S/C18H21BrN2O3S/c1-13-11-14(5-7-17(13)21-9-3-4-10-21)20-25(22,23)15-6-8-18(24-2)16(19)12-15/h5-8,11-12,20H,3-4,9-10H2,1-2H3. The van der Waals surface area contributed by atoms with Crippen LogP contribution in [0.25, 0.3) is 0 Å². The molecule has 134 valence electrons. The molecule has 1 aliphatic rings. The number of rotatable bonds is 5. The molecule has 0 aromatic heterocycles. The normalized spacial score (nSPS) is 14.6. The van der Waals surface area contributed by atoms with Gasteiger partial charge in [-0.2, -0.15) is 0 Å². The number of anilines is 2. The maximum atomic E-state index is 12.6. The van der Waals surface area contributed by atoms with Crippen molar-refractivity contribution in [1.29, 1.82) is 0 Å². The van der Waals surface area contributed by atoms with Crippen LogP contribution in [0.1, 0.15) is 18.4 Å². The topological polar surface area (TPSA) is 58.6 Å². The fourth-order valence-corrected chi connectivity index (χ4v) is 4.83. The van der Waals surface area contributed by atoms with Crippen LogP contribution in [-0.4, -0.2) is 28.6 Å². The molecule has 0 bridgehead atoms. The number of hydrogen-bond donors (Lipinski definition) is 1. The number of methoxy groups -OCH3 is 1. The number of nitrogens with one attached hydrogen (secondary N) is 1. The van der Waals surface area contributed by atoms with Crippen LogP contribution >= 0.6 is 15.9 Å². The molecule has 7 heteroatoms. The van der Waals surface area contributed by atoms with E-state index in [0.717, 1.165) is 18.7 Å². The zero-order valence-electron chi connectivity index (χ0n) is 14.3. The van der Waals surface area contributed by atoms with Crippen LogP contribution < -0.4 is 14.4 Å². The van der Waals surface area contributed by atoms with Gasteiger partial charge in [0.05, 0.1) is 16.5 Å². The van der Waals surface area contributed by atoms with E-state index in [2.05, 4.69) is 25.6 Å². The fourth-order valence-electron chi connectivity index (χ4n) is 3.06. The van der Waals surface area contributed by atoms with Crippen molar-refractivity contribution >= 4 is 37.3 Å². The summed E-state index contributed by atoms with van der Waals surface area (Å²) in [5, 5.41) is 0. The molecule has 0 atom stereocenters. The summed E-state index contributed by atoms with van der Waals surface area (Å²) in [6.45, 7) is 4.13. The lowest BCUT2D eigenvalue weighted by atomic mass is 10.1. The molecule has 2 aromatic rings. The molecule has 0 spiro atoms. The largest absolute Gasteiger partial charge is 0.496 e. The second-order valence-electron chi connectivity index (χ2n) is 6.10. The molecule has 2 aromatic carbocycles. The molecule has 0 radical (unpaired) electrons. The van der Waals surface area contributed by atoms with Gasteiger partial charge in [0.2, 0.25) is 0 Å². The maximum absolute atomic E-state index is 12.6. The molecule has 0 aliphatic carbocycles. The van der Waals surface area contributed by atoms with Gasteiger partial charge in [-0.05, 0) is 77.7 Å². The Balaban J connectivity index is 1.83. The highest BCUT2D eigenvalue weighted by Crippen LogP contribution is 2.30. The van der Waals surface area contributed by atoms with E-state index in [4.69, 9.17) is 4.74 Å². The van der Waals surface area contributed by atoms with Crippen LogP contribution in [0.3, 0.4) is 0 Å². The minimum atomic E-state index is -3.66. The quantitative estimate of drug-likeness (QED) is 0.782. The Labute approximate surface area is 157 Å². The lowest BCUT2D eigenvalue weighted by molar-refractivity contribution is 0.411. The SMILES string of the molecule is COc1ccc(S(=O)(=O)Nc2ccc(N3CCCC3)c(C)c2)cc1Br. The molecule has 1 heterocycles. The van der Waals surface area contributed by atoms with Gasteiger partial charge in [-0.1, -0.05) is 0 Å². The van der Waals surface area contributed by atoms with E-state index in [1.807, 2.05) is 25.1 Å². The van der Waals surface area contributed by atoms with E-state index in [1.54, 1.807) is 6.07 Å². The summed E-state index contributed by atoms with van der Waals surface area (Å²) in [5.74, 6) is 0.588. The average molecular weight is 425 g/mol. The minimum absolute atomic E-state index is 0.182. The molecule has 1 saturated heterocycles. The summed E-state index contributed by atoms with van der Waals surface area (Å²) >= 11 is 3.32. The van der Waals surface area contributed by atoms with Crippen LogP contribution in [0.2, 0.25) is 0 Å². The number of hydrogen-bond acceptors (Lipinski definition) is 4. The molecule has 25 heavy (non-hydrogen) atoms. The van der Waals surface area contributed by atoms with Crippen molar-refractivity contribution in [2.45, 2.75) is 24.7 Å². The number of halogens is 1. The minimum Gasteiger partial charge on any atom is -0.496 e. The van der Waals surface area contributed by atoms with Gasteiger partial charge in [-0.15, -0.1) is 0 Å². The van der Waals surface area contributed by atoms with Crippen LogP contribution in [-0.2, 0) is 10.0 Å². The van der Waals surface area contributed by atoms with E-state index >= 15 is 0 Å². The molecular formula is C18H21BrN2O3S. The Morgan fingerprint density at radius 2 is 1.84 bits per heavy atom. The third-order valence-electron chi connectivity index (χ3n) is 4.33. The summed E-state index contributed by atoms with van der Waals surface area (Å²) in [4.78, 5) is 2.52. The van der Waals surface area contributed by atoms with E-state index in [9.17, 15) is 8.42 Å². The molecule has 3 rings (SSSR count). The summed E-state index contributed by atoms with van der Waals surface area (Å²) in [6.07, 6.45) is 2.42. The maximum Gasteiger partial charge on any atom is 0.261 e. The first-order valence-electron chi connectivity index (χ1n) is 8.13. The van der Waals surface area contributed by atoms with E-state index < -0.39 is 10.0 Å². The van der Waals surface area contributed by atoms with Crippen molar-refractivity contribution in [2.24, 2.45) is 0 Å². The Bertz CT molecular complexity index is 878. The molecule has 0 amide bonds. The number of sulfonamides is 1. The van der Waals surface area contributed by atoms with Crippen molar-refractivity contribution in [3.05, 3.63) is 46.4 Å². The first-order valence-corrected chi connectivity index (χ1v) is 10.4. The molecule has 1 N–H and O–H groups in total. The highest BCUT2D eigenvalue weighted by Gasteiger charge is 2.18. The van der Waals surface area contributed by atoms with Crippen molar-refractivity contribution in [1.82, 2.24) is 0 Å². The number of aryl methyl sites for hydroxylation is 1. The second-order valence-corrected chi connectivity index (χ2v) is 8.63. The zero-order valence-corrected chi connectivity index (χ0v) is 16.7. The summed E-state index contributed by atoms with van der Waals surface area (Å²) in [6, 6.07) is 10.4. The molecule has 5 nitrogen and oxygen atoms in total. The van der Waals surface area contributed by atoms with Gasteiger partial charge >= 0.3 is 0 Å². The van der Waals surface area contributed by atoms with Gasteiger partial charge in [-0.25, -0.2) is 8.42 Å². The van der Waals surface area contributed by atoms with Crippen LogP contribution in [0.4, 0.5) is 11.4 Å². The summed E-state index contributed by atoms with van der Waals surface area (Å²) in [5.41, 5.74) is 2.80. The molecule has 1 aliphatic heterocycles. The number of nitrogens with zero attached hydrogens (tertiary/aromatic N) is 1. The smallest absolute Gasteiger partial charge is 0.261 e. The van der Waals surface area contributed by atoms with E-state index in [0.29, 0.717) is 15.9 Å². The third-order valence-corrected chi connectivity index (χ3v) is 6.33. The summed E-state index contributed by atoms with van der Waals surface area (Å²) in [7, 11) is -2.12. The summed E-state index contributed by atoms with van der Waals surface area (Å²) < 4.78 is 33.6. The van der Waals surface area contributed by atoms with Crippen molar-refractivity contribution in [3.8, 4) is 5.75 Å². The molecule has 0 saturated carbocycles. The van der Waals surface area contributed by atoms with E-state index in [-0.39, 0.29) is 4.90 Å². The Hall–Kier alpha value is -1.73. The van der Waals surface area contributed by atoms with Crippen LogP contribution in [0.15, 0.2) is 45.8 Å². The second kappa shape index (κ2) is 7.25. The van der Waals surface area contributed by atoms with Gasteiger partial charge in [0, 0.05) is 24.5 Å². The Kier molecular flexibility index (Phi) is 5.24. The predicted molar refractivity (Wildman–Crippen MR) is 104 cm³/mol. The predicted octanol–water partition coefficient (Wildman–Crippen LogP) is 4.17. The highest BCUT2D eigenvalue weighted by atomic mass is 79.9. The van der Waals surface area contributed by atoms with Crippen LogP contribution in [0.5, 0.6) is 5.75 Å².